The minimum absolute atomic E-state index is 0.0500. The molecular formula is C17H28O2. The molecule has 0 N–H and O–H groups in total. The van der Waals surface area contributed by atoms with Gasteiger partial charge in [-0.1, -0.05) is 19.4 Å². The van der Waals surface area contributed by atoms with Crippen molar-refractivity contribution in [3.63, 3.8) is 0 Å². The van der Waals surface area contributed by atoms with Gasteiger partial charge >= 0.3 is 0 Å². The van der Waals surface area contributed by atoms with Crippen molar-refractivity contribution in [2.45, 2.75) is 70.9 Å². The van der Waals surface area contributed by atoms with E-state index in [-0.39, 0.29) is 6.29 Å². The number of hydrogen-bond donors (Lipinski definition) is 0. The van der Waals surface area contributed by atoms with Crippen LogP contribution in [0.3, 0.4) is 0 Å². The molecule has 3 fully saturated rings. The summed E-state index contributed by atoms with van der Waals surface area (Å²) < 4.78 is 12.6. The quantitative estimate of drug-likeness (QED) is 0.697. The Kier molecular flexibility index (Phi) is 4.00. The molecule has 2 aliphatic heterocycles. The lowest BCUT2D eigenvalue weighted by atomic mass is 9.63. The van der Waals surface area contributed by atoms with Crippen LogP contribution in [0.25, 0.3) is 0 Å². The van der Waals surface area contributed by atoms with Crippen molar-refractivity contribution in [1.29, 1.82) is 0 Å². The highest BCUT2D eigenvalue weighted by atomic mass is 16.7. The van der Waals surface area contributed by atoms with Gasteiger partial charge in [0, 0.05) is 5.92 Å². The predicted molar refractivity (Wildman–Crippen MR) is 76.7 cm³/mol. The third kappa shape index (κ3) is 2.50. The fourth-order valence-corrected chi connectivity index (χ4v) is 4.69. The van der Waals surface area contributed by atoms with Gasteiger partial charge in [0.25, 0.3) is 0 Å². The third-order valence-corrected chi connectivity index (χ3v) is 5.75. The van der Waals surface area contributed by atoms with Gasteiger partial charge in [-0.2, -0.15) is 0 Å². The molecule has 0 aromatic rings. The first-order valence-corrected chi connectivity index (χ1v) is 8.12. The van der Waals surface area contributed by atoms with Gasteiger partial charge < -0.3 is 9.47 Å². The minimum Gasteiger partial charge on any atom is -0.349 e. The summed E-state index contributed by atoms with van der Waals surface area (Å²) in [6.07, 6.45) is 10.4. The summed E-state index contributed by atoms with van der Waals surface area (Å²) in [5.74, 6) is 2.93. The van der Waals surface area contributed by atoms with E-state index in [1.165, 1.54) is 32.1 Å². The Morgan fingerprint density at radius 2 is 1.95 bits per heavy atom. The first-order valence-electron chi connectivity index (χ1n) is 8.12. The van der Waals surface area contributed by atoms with Crippen LogP contribution < -0.4 is 0 Å². The molecule has 1 aliphatic carbocycles. The van der Waals surface area contributed by atoms with Gasteiger partial charge in [-0.05, 0) is 56.8 Å². The van der Waals surface area contributed by atoms with Crippen LogP contribution in [0.15, 0.2) is 12.7 Å². The van der Waals surface area contributed by atoms with E-state index in [0.29, 0.717) is 24.0 Å². The maximum Gasteiger partial charge on any atom is 0.161 e. The zero-order valence-electron chi connectivity index (χ0n) is 12.4. The fraction of sp³-hybridized carbons (Fsp3) is 0.882. The molecule has 0 spiro atoms. The van der Waals surface area contributed by atoms with Gasteiger partial charge in [-0.3, -0.25) is 0 Å². The molecule has 2 heteroatoms. The summed E-state index contributed by atoms with van der Waals surface area (Å²) in [6.45, 7) is 8.47. The van der Waals surface area contributed by atoms with E-state index in [2.05, 4.69) is 20.4 Å². The van der Waals surface area contributed by atoms with Crippen LogP contribution in [0.5, 0.6) is 0 Å². The molecule has 2 nitrogen and oxygen atoms in total. The molecule has 0 radical (unpaired) electrons. The van der Waals surface area contributed by atoms with Crippen LogP contribution in [0, 0.1) is 23.7 Å². The summed E-state index contributed by atoms with van der Waals surface area (Å²) >= 11 is 0. The predicted octanol–water partition coefficient (Wildman–Crippen LogP) is 4.15. The second-order valence-corrected chi connectivity index (χ2v) is 6.88. The van der Waals surface area contributed by atoms with E-state index in [9.17, 15) is 0 Å². The van der Waals surface area contributed by atoms with Crippen LogP contribution in [-0.2, 0) is 9.47 Å². The molecule has 0 aromatic carbocycles. The molecule has 108 valence electrons. The molecule has 0 bridgehead atoms. The molecule has 3 unspecified atom stereocenters. The zero-order valence-corrected chi connectivity index (χ0v) is 12.4. The van der Waals surface area contributed by atoms with Crippen LogP contribution in [0.1, 0.15) is 52.4 Å². The molecule has 3 rings (SSSR count). The van der Waals surface area contributed by atoms with Crippen molar-refractivity contribution >= 4 is 0 Å². The van der Waals surface area contributed by atoms with Gasteiger partial charge in [-0.25, -0.2) is 0 Å². The molecule has 2 saturated heterocycles. The van der Waals surface area contributed by atoms with E-state index in [1.807, 2.05) is 6.08 Å². The Morgan fingerprint density at radius 1 is 1.11 bits per heavy atom. The highest BCUT2D eigenvalue weighted by Gasteiger charge is 2.49. The Labute approximate surface area is 117 Å². The Hall–Kier alpha value is -0.340. The van der Waals surface area contributed by atoms with Gasteiger partial charge in [0.2, 0.25) is 0 Å². The van der Waals surface area contributed by atoms with E-state index in [4.69, 9.17) is 9.47 Å². The van der Waals surface area contributed by atoms with Gasteiger partial charge in [-0.15, -0.1) is 6.58 Å². The van der Waals surface area contributed by atoms with Gasteiger partial charge in [0.05, 0.1) is 12.2 Å². The summed E-state index contributed by atoms with van der Waals surface area (Å²) in [4.78, 5) is 0. The highest BCUT2D eigenvalue weighted by molar-refractivity contribution is 4.95. The molecule has 0 aromatic heterocycles. The van der Waals surface area contributed by atoms with E-state index in [1.54, 1.807) is 0 Å². The lowest BCUT2D eigenvalue weighted by Crippen LogP contribution is -2.51. The molecule has 7 atom stereocenters. The highest BCUT2D eigenvalue weighted by Crippen LogP contribution is 2.50. The van der Waals surface area contributed by atoms with Crippen molar-refractivity contribution in [3.8, 4) is 0 Å². The lowest BCUT2D eigenvalue weighted by Gasteiger charge is -2.50. The van der Waals surface area contributed by atoms with Crippen LogP contribution >= 0.6 is 0 Å². The van der Waals surface area contributed by atoms with Gasteiger partial charge in [0.15, 0.2) is 6.29 Å². The average molecular weight is 264 g/mol. The standard InChI is InChI=1S/C17H28O2/c1-4-6-15-12(3)14-8-5-7-13-10-9-11(2)18-17(19-15)16(13)14/h4,11-17H,1,5-10H2,2-3H3/t11-,12+,13?,14?,15+,16?,17-/m0/s1. The van der Waals surface area contributed by atoms with E-state index >= 15 is 0 Å². The minimum atomic E-state index is 0.0500. The molecular weight excluding hydrogens is 236 g/mol. The first-order chi connectivity index (χ1) is 9.20. The van der Waals surface area contributed by atoms with E-state index < -0.39 is 0 Å². The molecule has 1 saturated carbocycles. The van der Waals surface area contributed by atoms with Crippen molar-refractivity contribution < 1.29 is 9.47 Å². The zero-order chi connectivity index (χ0) is 13.4. The smallest absolute Gasteiger partial charge is 0.161 e. The second kappa shape index (κ2) is 5.57. The number of ether oxygens (including phenoxy) is 2. The van der Waals surface area contributed by atoms with Crippen molar-refractivity contribution in [3.05, 3.63) is 12.7 Å². The molecule has 2 heterocycles. The third-order valence-electron chi connectivity index (χ3n) is 5.75. The molecule has 3 aliphatic rings. The average Bonchev–Trinajstić information content (AvgIpc) is 2.56. The Balaban J connectivity index is 1.85. The molecule has 19 heavy (non-hydrogen) atoms. The summed E-state index contributed by atoms with van der Waals surface area (Å²) in [5, 5.41) is 0. The Bertz CT molecular complexity index is 327. The summed E-state index contributed by atoms with van der Waals surface area (Å²) in [5.41, 5.74) is 0. The summed E-state index contributed by atoms with van der Waals surface area (Å²) in [6, 6.07) is 0. The van der Waals surface area contributed by atoms with Crippen molar-refractivity contribution in [2.24, 2.45) is 23.7 Å². The number of hydrogen-bond acceptors (Lipinski definition) is 2. The van der Waals surface area contributed by atoms with Crippen LogP contribution in [0.2, 0.25) is 0 Å². The summed E-state index contributed by atoms with van der Waals surface area (Å²) in [7, 11) is 0. The van der Waals surface area contributed by atoms with E-state index in [0.717, 1.165) is 18.3 Å². The van der Waals surface area contributed by atoms with Crippen LogP contribution in [-0.4, -0.2) is 18.5 Å². The fourth-order valence-electron chi connectivity index (χ4n) is 4.69. The largest absolute Gasteiger partial charge is 0.349 e. The SMILES string of the molecule is C=CC[C@H]1O[C@@H]2O[C@@H](C)CCC3CCCC(C32)[C@H]1C. The second-order valence-electron chi connectivity index (χ2n) is 6.88. The lowest BCUT2D eigenvalue weighted by molar-refractivity contribution is -0.272. The first kappa shape index (κ1) is 13.6. The van der Waals surface area contributed by atoms with Crippen molar-refractivity contribution in [1.82, 2.24) is 0 Å². The maximum atomic E-state index is 6.34. The monoisotopic (exact) mass is 264 g/mol. The van der Waals surface area contributed by atoms with Gasteiger partial charge in [0.1, 0.15) is 0 Å². The maximum absolute atomic E-state index is 6.34. The Morgan fingerprint density at radius 3 is 2.74 bits per heavy atom. The molecule has 0 amide bonds. The van der Waals surface area contributed by atoms with Crippen LogP contribution in [0.4, 0.5) is 0 Å². The number of rotatable bonds is 2. The topological polar surface area (TPSA) is 18.5 Å². The van der Waals surface area contributed by atoms with Crippen molar-refractivity contribution in [2.75, 3.05) is 0 Å². The normalized spacial score (nSPS) is 50.1.